The highest BCUT2D eigenvalue weighted by Crippen LogP contribution is 2.22. The first-order valence-electron chi connectivity index (χ1n) is 6.49. The van der Waals surface area contributed by atoms with Crippen molar-refractivity contribution in [3.8, 4) is 5.75 Å². The van der Waals surface area contributed by atoms with Gasteiger partial charge in [0.05, 0.1) is 7.11 Å². The van der Waals surface area contributed by atoms with Crippen LogP contribution in [0.4, 0.5) is 5.69 Å². The van der Waals surface area contributed by atoms with Gasteiger partial charge in [-0.15, -0.1) is 0 Å². The summed E-state index contributed by atoms with van der Waals surface area (Å²) in [6.07, 6.45) is -1.02. The van der Waals surface area contributed by atoms with E-state index in [-0.39, 0.29) is 5.57 Å². The third kappa shape index (κ3) is 3.70. The van der Waals surface area contributed by atoms with Crippen LogP contribution in [-0.4, -0.2) is 18.1 Å². The molecule has 108 valence electrons. The molecule has 4 nitrogen and oxygen atoms in total. The Labute approximate surface area is 123 Å². The molecule has 2 aromatic carbocycles. The Morgan fingerprint density at radius 3 is 2.33 bits per heavy atom. The predicted molar refractivity (Wildman–Crippen MR) is 82.2 cm³/mol. The summed E-state index contributed by atoms with van der Waals surface area (Å²) in [6.45, 7) is 3.67. The Kier molecular flexibility index (Phi) is 4.74. The molecule has 0 heterocycles. The molecule has 1 atom stereocenters. The van der Waals surface area contributed by atoms with Gasteiger partial charge in [-0.1, -0.05) is 36.9 Å². The minimum atomic E-state index is -1.02. The quantitative estimate of drug-likeness (QED) is 0.829. The maximum Gasteiger partial charge on any atom is 0.253 e. The molecule has 1 amide bonds. The summed E-state index contributed by atoms with van der Waals surface area (Å²) in [6, 6.07) is 15.9. The minimum Gasteiger partial charge on any atom is -0.497 e. The minimum absolute atomic E-state index is 0.0945. The van der Waals surface area contributed by atoms with Crippen LogP contribution >= 0.6 is 0 Å². The van der Waals surface area contributed by atoms with Crippen molar-refractivity contribution < 1.29 is 14.6 Å². The number of carbonyl (C=O) groups excluding carboxylic acids is 1. The number of hydrogen-bond donors (Lipinski definition) is 2. The van der Waals surface area contributed by atoms with Crippen LogP contribution in [0.25, 0.3) is 0 Å². The van der Waals surface area contributed by atoms with E-state index in [2.05, 4.69) is 11.9 Å². The zero-order chi connectivity index (χ0) is 15.2. The van der Waals surface area contributed by atoms with Crippen molar-refractivity contribution >= 4 is 11.6 Å². The lowest BCUT2D eigenvalue weighted by Crippen LogP contribution is -2.18. The topological polar surface area (TPSA) is 58.6 Å². The van der Waals surface area contributed by atoms with Crippen molar-refractivity contribution in [2.24, 2.45) is 0 Å². The SMILES string of the molecule is C=C(C(=O)Nc1ccc(OC)cc1)C(O)c1ccccc1. The molecule has 0 fully saturated rings. The average Bonchev–Trinajstić information content (AvgIpc) is 2.55. The van der Waals surface area contributed by atoms with Crippen LogP contribution in [0.1, 0.15) is 11.7 Å². The molecule has 21 heavy (non-hydrogen) atoms. The zero-order valence-corrected chi connectivity index (χ0v) is 11.7. The predicted octanol–water partition coefficient (Wildman–Crippen LogP) is 2.92. The molecular weight excluding hydrogens is 266 g/mol. The van der Waals surface area contributed by atoms with Gasteiger partial charge < -0.3 is 15.2 Å². The Balaban J connectivity index is 2.03. The monoisotopic (exact) mass is 283 g/mol. The van der Waals surface area contributed by atoms with Crippen LogP contribution in [0, 0.1) is 0 Å². The van der Waals surface area contributed by atoms with E-state index in [4.69, 9.17) is 4.74 Å². The molecule has 0 aromatic heterocycles. The van der Waals surface area contributed by atoms with Crippen LogP contribution < -0.4 is 10.1 Å². The van der Waals surface area contributed by atoms with Gasteiger partial charge in [0.2, 0.25) is 0 Å². The Morgan fingerprint density at radius 2 is 1.76 bits per heavy atom. The standard InChI is InChI=1S/C17H17NO3/c1-12(16(19)13-6-4-3-5-7-13)17(20)18-14-8-10-15(21-2)11-9-14/h3-11,16,19H,1H2,2H3,(H,18,20). The fraction of sp³-hybridized carbons (Fsp3) is 0.118. The Morgan fingerprint density at radius 1 is 1.14 bits per heavy atom. The fourth-order valence-corrected chi connectivity index (χ4v) is 1.85. The number of aliphatic hydroxyl groups is 1. The van der Waals surface area contributed by atoms with Gasteiger partial charge in [-0.2, -0.15) is 0 Å². The molecule has 0 radical (unpaired) electrons. The largest absolute Gasteiger partial charge is 0.497 e. The van der Waals surface area contributed by atoms with Gasteiger partial charge in [-0.05, 0) is 29.8 Å². The molecule has 4 heteroatoms. The normalized spacial score (nSPS) is 11.5. The van der Waals surface area contributed by atoms with E-state index in [1.165, 1.54) is 0 Å². The van der Waals surface area contributed by atoms with Gasteiger partial charge >= 0.3 is 0 Å². The molecule has 2 N–H and O–H groups in total. The highest BCUT2D eigenvalue weighted by atomic mass is 16.5. The molecule has 2 aromatic rings. The van der Waals surface area contributed by atoms with Crippen molar-refractivity contribution in [1.29, 1.82) is 0 Å². The van der Waals surface area contributed by atoms with Gasteiger partial charge in [-0.25, -0.2) is 0 Å². The molecule has 0 saturated carbocycles. The fourth-order valence-electron chi connectivity index (χ4n) is 1.85. The first kappa shape index (κ1) is 14.8. The number of hydrogen-bond acceptors (Lipinski definition) is 3. The van der Waals surface area contributed by atoms with Crippen molar-refractivity contribution in [3.05, 3.63) is 72.3 Å². The first-order valence-corrected chi connectivity index (χ1v) is 6.49. The second kappa shape index (κ2) is 6.72. The number of rotatable bonds is 5. The number of benzene rings is 2. The zero-order valence-electron chi connectivity index (χ0n) is 11.7. The Bertz CT molecular complexity index is 620. The molecule has 1 unspecified atom stereocenters. The van der Waals surface area contributed by atoms with Gasteiger partial charge in [0.25, 0.3) is 5.91 Å². The number of ether oxygens (including phenoxy) is 1. The van der Waals surface area contributed by atoms with Crippen molar-refractivity contribution in [2.45, 2.75) is 6.10 Å². The van der Waals surface area contributed by atoms with Crippen LogP contribution in [0.5, 0.6) is 5.75 Å². The molecule has 0 spiro atoms. The highest BCUT2D eigenvalue weighted by Gasteiger charge is 2.18. The maximum absolute atomic E-state index is 12.1. The van der Waals surface area contributed by atoms with Crippen molar-refractivity contribution in [3.63, 3.8) is 0 Å². The molecule has 0 saturated heterocycles. The van der Waals surface area contributed by atoms with Crippen LogP contribution in [-0.2, 0) is 4.79 Å². The van der Waals surface area contributed by atoms with Gasteiger partial charge in [-0.3, -0.25) is 4.79 Å². The highest BCUT2D eigenvalue weighted by molar-refractivity contribution is 6.04. The van der Waals surface area contributed by atoms with Crippen molar-refractivity contribution in [2.75, 3.05) is 12.4 Å². The van der Waals surface area contributed by atoms with Crippen molar-refractivity contribution in [1.82, 2.24) is 0 Å². The lowest BCUT2D eigenvalue weighted by molar-refractivity contribution is -0.113. The summed E-state index contributed by atoms with van der Waals surface area (Å²) in [5.41, 5.74) is 1.34. The number of aliphatic hydroxyl groups excluding tert-OH is 1. The van der Waals surface area contributed by atoms with E-state index in [1.807, 2.05) is 6.07 Å². The first-order chi connectivity index (χ1) is 10.1. The maximum atomic E-state index is 12.1. The molecule has 0 aliphatic rings. The molecule has 0 aliphatic heterocycles. The van der Waals surface area contributed by atoms with E-state index in [9.17, 15) is 9.90 Å². The summed E-state index contributed by atoms with van der Waals surface area (Å²) in [5.74, 6) is 0.285. The third-order valence-corrected chi connectivity index (χ3v) is 3.08. The molecular formula is C17H17NO3. The second-order valence-electron chi connectivity index (χ2n) is 4.52. The van der Waals surface area contributed by atoms with Crippen LogP contribution in [0.15, 0.2) is 66.7 Å². The van der Waals surface area contributed by atoms with Gasteiger partial charge in [0, 0.05) is 11.3 Å². The number of carbonyl (C=O) groups is 1. The van der Waals surface area contributed by atoms with E-state index < -0.39 is 12.0 Å². The Hall–Kier alpha value is -2.59. The lowest BCUT2D eigenvalue weighted by atomic mass is 10.0. The number of anilines is 1. The molecule has 2 rings (SSSR count). The second-order valence-corrected chi connectivity index (χ2v) is 4.52. The summed E-state index contributed by atoms with van der Waals surface area (Å²) in [5, 5.41) is 12.8. The number of methoxy groups -OCH3 is 1. The lowest BCUT2D eigenvalue weighted by Gasteiger charge is -2.14. The van der Waals surface area contributed by atoms with Crippen LogP contribution in [0.2, 0.25) is 0 Å². The molecule has 0 aliphatic carbocycles. The van der Waals surface area contributed by atoms with Gasteiger partial charge in [0.1, 0.15) is 11.9 Å². The van der Waals surface area contributed by atoms with E-state index in [0.717, 1.165) is 0 Å². The summed E-state index contributed by atoms with van der Waals surface area (Å²) in [4.78, 5) is 12.1. The van der Waals surface area contributed by atoms with E-state index >= 15 is 0 Å². The van der Waals surface area contributed by atoms with Gasteiger partial charge in [0.15, 0.2) is 0 Å². The number of nitrogens with one attached hydrogen (secondary N) is 1. The average molecular weight is 283 g/mol. The number of amides is 1. The summed E-state index contributed by atoms with van der Waals surface area (Å²) < 4.78 is 5.05. The summed E-state index contributed by atoms with van der Waals surface area (Å²) >= 11 is 0. The van der Waals surface area contributed by atoms with E-state index in [1.54, 1.807) is 55.6 Å². The smallest absolute Gasteiger partial charge is 0.253 e. The third-order valence-electron chi connectivity index (χ3n) is 3.08. The van der Waals surface area contributed by atoms with E-state index in [0.29, 0.717) is 17.0 Å². The molecule has 0 bridgehead atoms. The summed E-state index contributed by atoms with van der Waals surface area (Å²) in [7, 11) is 1.58. The van der Waals surface area contributed by atoms with Crippen LogP contribution in [0.3, 0.4) is 0 Å².